The molecular formula is C33H30N4O4. The van der Waals surface area contributed by atoms with Crippen LogP contribution in [-0.2, 0) is 19.3 Å². The van der Waals surface area contributed by atoms with E-state index in [1.54, 1.807) is 36.5 Å². The number of nitrogens with one attached hydrogen (secondary N) is 2. The Kier molecular flexibility index (Phi) is 7.36. The van der Waals surface area contributed by atoms with E-state index < -0.39 is 0 Å². The fourth-order valence-corrected chi connectivity index (χ4v) is 5.29. The van der Waals surface area contributed by atoms with Gasteiger partial charge in [0.25, 0.3) is 11.5 Å². The van der Waals surface area contributed by atoms with Crippen molar-refractivity contribution in [1.29, 1.82) is 0 Å². The third-order valence-electron chi connectivity index (χ3n) is 7.36. The van der Waals surface area contributed by atoms with Crippen molar-refractivity contribution in [2.75, 3.05) is 17.3 Å². The maximum atomic E-state index is 13.9. The van der Waals surface area contributed by atoms with E-state index in [0.29, 0.717) is 23.6 Å². The number of H-pyrrole nitrogens is 1. The second kappa shape index (κ2) is 11.6. The van der Waals surface area contributed by atoms with Crippen molar-refractivity contribution in [3.8, 4) is 5.75 Å². The van der Waals surface area contributed by atoms with Crippen LogP contribution in [0.25, 0.3) is 0 Å². The number of rotatable bonds is 8. The lowest BCUT2D eigenvalue weighted by atomic mass is 9.90. The SMILES string of the molecule is COc1ccc(Nc2ccc(N(C(=O)c3cccc(Cc4n[nH]c(=O)c5c4CCCC5)c3)c3ccco3)cc2)cc1. The zero-order chi connectivity index (χ0) is 28.2. The van der Waals surface area contributed by atoms with Crippen LogP contribution in [0.15, 0.2) is 100 Å². The molecule has 1 aliphatic rings. The first-order valence-electron chi connectivity index (χ1n) is 13.7. The third-order valence-corrected chi connectivity index (χ3v) is 7.36. The molecule has 1 aliphatic carbocycles. The molecule has 0 spiro atoms. The Morgan fingerprint density at radius 1 is 0.951 bits per heavy atom. The molecule has 41 heavy (non-hydrogen) atoms. The van der Waals surface area contributed by atoms with Crippen molar-refractivity contribution in [3.63, 3.8) is 0 Å². The maximum absolute atomic E-state index is 13.9. The highest BCUT2D eigenvalue weighted by Crippen LogP contribution is 2.31. The van der Waals surface area contributed by atoms with Gasteiger partial charge in [0.05, 0.1) is 24.8 Å². The van der Waals surface area contributed by atoms with Crippen LogP contribution < -0.4 is 20.5 Å². The van der Waals surface area contributed by atoms with Gasteiger partial charge in [0.15, 0.2) is 0 Å². The second-order valence-corrected chi connectivity index (χ2v) is 10.0. The van der Waals surface area contributed by atoms with Gasteiger partial charge in [-0.2, -0.15) is 5.10 Å². The quantitative estimate of drug-likeness (QED) is 0.229. The van der Waals surface area contributed by atoms with Crippen LogP contribution in [0.5, 0.6) is 5.75 Å². The Morgan fingerprint density at radius 3 is 2.39 bits per heavy atom. The lowest BCUT2D eigenvalue weighted by molar-refractivity contribution is 0.0995. The third kappa shape index (κ3) is 5.63. The number of carbonyl (C=O) groups excluding carboxylic acids is 1. The summed E-state index contributed by atoms with van der Waals surface area (Å²) < 4.78 is 10.9. The predicted molar refractivity (Wildman–Crippen MR) is 159 cm³/mol. The van der Waals surface area contributed by atoms with Crippen molar-refractivity contribution in [1.82, 2.24) is 10.2 Å². The number of ether oxygens (including phenoxy) is 1. The van der Waals surface area contributed by atoms with Crippen LogP contribution in [-0.4, -0.2) is 23.2 Å². The lowest BCUT2D eigenvalue weighted by Gasteiger charge is -2.21. The Hall–Kier alpha value is -5.11. The first kappa shape index (κ1) is 26.1. The number of nitrogens with zero attached hydrogens (tertiary/aromatic N) is 2. The molecule has 0 radical (unpaired) electrons. The minimum absolute atomic E-state index is 0.0910. The van der Waals surface area contributed by atoms with Crippen molar-refractivity contribution in [2.45, 2.75) is 32.1 Å². The maximum Gasteiger partial charge on any atom is 0.267 e. The fourth-order valence-electron chi connectivity index (χ4n) is 5.29. The lowest BCUT2D eigenvalue weighted by Crippen LogP contribution is -2.25. The van der Waals surface area contributed by atoms with Crippen LogP contribution in [0.1, 0.15) is 45.6 Å². The number of carbonyl (C=O) groups is 1. The van der Waals surface area contributed by atoms with Crippen molar-refractivity contribution < 1.29 is 13.9 Å². The van der Waals surface area contributed by atoms with Crippen LogP contribution in [0.4, 0.5) is 22.9 Å². The van der Waals surface area contributed by atoms with Gasteiger partial charge in [-0.1, -0.05) is 12.1 Å². The number of aromatic amines is 1. The number of amides is 1. The Balaban J connectivity index is 1.25. The summed E-state index contributed by atoms with van der Waals surface area (Å²) in [7, 11) is 1.64. The first-order valence-corrected chi connectivity index (χ1v) is 13.7. The summed E-state index contributed by atoms with van der Waals surface area (Å²) in [5.41, 5.74) is 6.63. The van der Waals surface area contributed by atoms with Gasteiger partial charge in [-0.3, -0.25) is 9.59 Å². The molecule has 0 fully saturated rings. The van der Waals surface area contributed by atoms with Crippen LogP contribution in [0.3, 0.4) is 0 Å². The van der Waals surface area contributed by atoms with Gasteiger partial charge in [0, 0.05) is 35.0 Å². The molecule has 2 heterocycles. The van der Waals surface area contributed by atoms with E-state index in [2.05, 4.69) is 15.5 Å². The van der Waals surface area contributed by atoms with Gasteiger partial charge in [-0.25, -0.2) is 10.00 Å². The molecule has 6 rings (SSSR count). The summed E-state index contributed by atoms with van der Waals surface area (Å²) in [5.74, 6) is 0.999. The zero-order valence-corrected chi connectivity index (χ0v) is 22.7. The molecule has 2 N–H and O–H groups in total. The van der Waals surface area contributed by atoms with E-state index in [9.17, 15) is 9.59 Å². The van der Waals surface area contributed by atoms with Gasteiger partial charge in [-0.05, 0) is 104 Å². The number of methoxy groups -OCH3 is 1. The van der Waals surface area contributed by atoms with Crippen LogP contribution in [0, 0.1) is 0 Å². The standard InChI is InChI=1S/C33H30N4O4/c1-40-27-17-13-25(14-18-27)34-24-11-15-26(16-12-24)37(31-10-5-19-41-31)33(39)23-7-4-6-22(20-23)21-30-28-8-2-3-9-29(28)32(38)36-35-30/h4-7,10-20,34H,2-3,8-9,21H2,1H3,(H,36,38). The highest BCUT2D eigenvalue weighted by atomic mass is 16.5. The van der Waals surface area contributed by atoms with E-state index in [1.807, 2.05) is 66.7 Å². The molecule has 1 amide bonds. The van der Waals surface area contributed by atoms with Gasteiger partial charge in [0.1, 0.15) is 5.75 Å². The molecule has 0 atom stereocenters. The molecule has 3 aromatic carbocycles. The van der Waals surface area contributed by atoms with Gasteiger partial charge >= 0.3 is 0 Å². The summed E-state index contributed by atoms with van der Waals surface area (Å²) in [4.78, 5) is 27.8. The second-order valence-electron chi connectivity index (χ2n) is 10.0. The molecule has 0 unspecified atom stereocenters. The van der Waals surface area contributed by atoms with E-state index in [4.69, 9.17) is 9.15 Å². The topological polar surface area (TPSA) is 100 Å². The van der Waals surface area contributed by atoms with Crippen molar-refractivity contribution in [2.24, 2.45) is 0 Å². The molecule has 5 aromatic rings. The van der Waals surface area contributed by atoms with E-state index >= 15 is 0 Å². The Bertz CT molecular complexity index is 1710. The van der Waals surface area contributed by atoms with E-state index in [1.165, 1.54) is 0 Å². The summed E-state index contributed by atoms with van der Waals surface area (Å²) in [5, 5.41) is 10.4. The molecular weight excluding hydrogens is 516 g/mol. The van der Waals surface area contributed by atoms with Crippen molar-refractivity contribution >= 4 is 28.9 Å². The predicted octanol–water partition coefficient (Wildman–Crippen LogP) is 6.56. The van der Waals surface area contributed by atoms with Gasteiger partial charge in [0.2, 0.25) is 5.88 Å². The minimum atomic E-state index is -0.214. The van der Waals surface area contributed by atoms with Crippen LogP contribution in [0.2, 0.25) is 0 Å². The summed E-state index contributed by atoms with van der Waals surface area (Å²) in [6.07, 6.45) is 5.80. The summed E-state index contributed by atoms with van der Waals surface area (Å²) >= 11 is 0. The average molecular weight is 547 g/mol. The van der Waals surface area contributed by atoms with E-state index in [-0.39, 0.29) is 11.5 Å². The summed E-state index contributed by atoms with van der Waals surface area (Å²) in [6, 6.07) is 26.4. The number of hydrogen-bond donors (Lipinski definition) is 2. The molecule has 0 bridgehead atoms. The molecule has 0 saturated carbocycles. The monoisotopic (exact) mass is 546 g/mol. The highest BCUT2D eigenvalue weighted by Gasteiger charge is 2.23. The number of anilines is 4. The minimum Gasteiger partial charge on any atom is -0.497 e. The van der Waals surface area contributed by atoms with E-state index in [0.717, 1.165) is 65.2 Å². The normalized spacial score (nSPS) is 12.4. The first-order chi connectivity index (χ1) is 20.1. The molecule has 206 valence electrons. The average Bonchev–Trinajstić information content (AvgIpc) is 3.55. The number of furan rings is 1. The smallest absolute Gasteiger partial charge is 0.267 e. The molecule has 0 saturated heterocycles. The number of hydrogen-bond acceptors (Lipinski definition) is 6. The molecule has 0 aliphatic heterocycles. The molecule has 8 heteroatoms. The number of fused-ring (bicyclic) bond motifs is 1. The van der Waals surface area contributed by atoms with Crippen molar-refractivity contribution in [3.05, 3.63) is 129 Å². The van der Waals surface area contributed by atoms with Gasteiger partial charge in [-0.15, -0.1) is 0 Å². The summed E-state index contributed by atoms with van der Waals surface area (Å²) in [6.45, 7) is 0. The highest BCUT2D eigenvalue weighted by molar-refractivity contribution is 6.10. The molecule has 2 aromatic heterocycles. The Morgan fingerprint density at radius 2 is 1.68 bits per heavy atom. The number of benzene rings is 3. The zero-order valence-electron chi connectivity index (χ0n) is 22.7. The van der Waals surface area contributed by atoms with Gasteiger partial charge < -0.3 is 14.5 Å². The fraction of sp³-hybridized carbons (Fsp3) is 0.182. The molecule has 8 nitrogen and oxygen atoms in total. The Labute approximate surface area is 237 Å². The largest absolute Gasteiger partial charge is 0.497 e. The number of aromatic nitrogens is 2. The van der Waals surface area contributed by atoms with Crippen LogP contribution >= 0.6 is 0 Å².